The first-order chi connectivity index (χ1) is 3.88. The SMILES string of the molecule is BrCC1CC[C@@H]1CBr. The van der Waals surface area contributed by atoms with Crippen molar-refractivity contribution < 1.29 is 0 Å². The van der Waals surface area contributed by atoms with Gasteiger partial charge in [0, 0.05) is 10.7 Å². The maximum atomic E-state index is 3.49. The average molecular weight is 242 g/mol. The van der Waals surface area contributed by atoms with Gasteiger partial charge in [-0.25, -0.2) is 0 Å². The maximum absolute atomic E-state index is 3.49. The largest absolute Gasteiger partial charge is 0.0925 e. The van der Waals surface area contributed by atoms with Crippen LogP contribution in [0.15, 0.2) is 0 Å². The molecule has 48 valence electrons. The van der Waals surface area contributed by atoms with E-state index in [0.29, 0.717) is 0 Å². The Morgan fingerprint density at radius 2 is 1.38 bits per heavy atom. The van der Waals surface area contributed by atoms with E-state index in [1.165, 1.54) is 23.5 Å². The Bertz CT molecular complexity index is 58.9. The zero-order valence-corrected chi connectivity index (χ0v) is 7.91. The Morgan fingerprint density at radius 1 is 1.00 bits per heavy atom. The number of alkyl halides is 2. The van der Waals surface area contributed by atoms with Crippen LogP contribution in [-0.4, -0.2) is 10.7 Å². The third-order valence-electron chi connectivity index (χ3n) is 1.97. The molecular weight excluding hydrogens is 232 g/mol. The van der Waals surface area contributed by atoms with Gasteiger partial charge in [-0.15, -0.1) is 0 Å². The normalized spacial score (nSPS) is 36.8. The summed E-state index contributed by atoms with van der Waals surface area (Å²) in [7, 11) is 0. The van der Waals surface area contributed by atoms with Crippen molar-refractivity contribution in [2.24, 2.45) is 11.8 Å². The van der Waals surface area contributed by atoms with Gasteiger partial charge in [-0.3, -0.25) is 0 Å². The molecule has 0 N–H and O–H groups in total. The molecule has 0 aromatic heterocycles. The van der Waals surface area contributed by atoms with Gasteiger partial charge in [-0.2, -0.15) is 0 Å². The minimum atomic E-state index is 0.967. The molecule has 1 aliphatic carbocycles. The molecule has 8 heavy (non-hydrogen) atoms. The number of halogens is 2. The zero-order chi connectivity index (χ0) is 5.98. The molecule has 2 atom stereocenters. The smallest absolute Gasteiger partial charge is 0.00626 e. The van der Waals surface area contributed by atoms with Gasteiger partial charge in [0.1, 0.15) is 0 Å². The van der Waals surface area contributed by atoms with E-state index >= 15 is 0 Å². The molecule has 0 aromatic carbocycles. The zero-order valence-electron chi connectivity index (χ0n) is 4.74. The van der Waals surface area contributed by atoms with Gasteiger partial charge >= 0.3 is 0 Å². The first-order valence-electron chi connectivity index (χ1n) is 3.00. The van der Waals surface area contributed by atoms with E-state index in [1.54, 1.807) is 0 Å². The predicted molar refractivity (Wildman–Crippen MR) is 43.8 cm³/mol. The Hall–Kier alpha value is 0.960. The second kappa shape index (κ2) is 3.21. The average Bonchev–Trinajstić information content (AvgIpc) is 1.66. The van der Waals surface area contributed by atoms with E-state index in [9.17, 15) is 0 Å². The monoisotopic (exact) mass is 240 g/mol. The van der Waals surface area contributed by atoms with Crippen LogP contribution < -0.4 is 0 Å². The van der Waals surface area contributed by atoms with Gasteiger partial charge in [0.2, 0.25) is 0 Å². The van der Waals surface area contributed by atoms with Gasteiger partial charge < -0.3 is 0 Å². The van der Waals surface area contributed by atoms with E-state index in [-0.39, 0.29) is 0 Å². The predicted octanol–water partition coefficient (Wildman–Crippen LogP) is 2.80. The summed E-state index contributed by atoms with van der Waals surface area (Å²) >= 11 is 6.97. The quantitative estimate of drug-likeness (QED) is 0.653. The number of rotatable bonds is 2. The van der Waals surface area contributed by atoms with Crippen molar-refractivity contribution in [2.45, 2.75) is 12.8 Å². The van der Waals surface area contributed by atoms with Crippen molar-refractivity contribution in [2.75, 3.05) is 10.7 Å². The molecular formula is C6H10Br2. The molecule has 0 saturated heterocycles. The fourth-order valence-electron chi connectivity index (χ4n) is 1.04. The second-order valence-electron chi connectivity index (χ2n) is 2.41. The van der Waals surface area contributed by atoms with Crippen molar-refractivity contribution in [3.8, 4) is 0 Å². The minimum absolute atomic E-state index is 0.967. The Morgan fingerprint density at radius 3 is 1.50 bits per heavy atom. The van der Waals surface area contributed by atoms with Gasteiger partial charge in [0.15, 0.2) is 0 Å². The van der Waals surface area contributed by atoms with Gasteiger partial charge in [-0.1, -0.05) is 31.9 Å². The van der Waals surface area contributed by atoms with E-state index in [4.69, 9.17) is 0 Å². The molecule has 0 nitrogen and oxygen atoms in total. The first kappa shape index (κ1) is 7.07. The Balaban J connectivity index is 2.16. The molecule has 0 amide bonds. The van der Waals surface area contributed by atoms with Crippen molar-refractivity contribution >= 4 is 31.9 Å². The van der Waals surface area contributed by atoms with Crippen LogP contribution in [0.4, 0.5) is 0 Å². The molecule has 0 spiro atoms. The lowest BCUT2D eigenvalue weighted by molar-refractivity contribution is 0.232. The maximum Gasteiger partial charge on any atom is 0.00626 e. The highest BCUT2D eigenvalue weighted by molar-refractivity contribution is 9.09. The molecule has 0 radical (unpaired) electrons. The van der Waals surface area contributed by atoms with Crippen LogP contribution in [-0.2, 0) is 0 Å². The third-order valence-corrected chi connectivity index (χ3v) is 3.63. The first-order valence-corrected chi connectivity index (χ1v) is 5.24. The van der Waals surface area contributed by atoms with E-state index < -0.39 is 0 Å². The van der Waals surface area contributed by atoms with Gasteiger partial charge in [0.05, 0.1) is 0 Å². The van der Waals surface area contributed by atoms with E-state index in [0.717, 1.165) is 11.8 Å². The van der Waals surface area contributed by atoms with Crippen LogP contribution >= 0.6 is 31.9 Å². The molecule has 0 aromatic rings. The van der Waals surface area contributed by atoms with Crippen molar-refractivity contribution in [3.63, 3.8) is 0 Å². The highest BCUT2D eigenvalue weighted by Crippen LogP contribution is 2.36. The van der Waals surface area contributed by atoms with E-state index in [1.807, 2.05) is 0 Å². The standard InChI is InChI=1S/C6H10Br2/c7-3-5-1-2-6(5)4-8/h5-6H,1-4H2/t5-,6?/m1/s1. The van der Waals surface area contributed by atoms with Gasteiger partial charge in [0.25, 0.3) is 0 Å². The van der Waals surface area contributed by atoms with Crippen LogP contribution in [0.2, 0.25) is 0 Å². The summed E-state index contributed by atoms with van der Waals surface area (Å²) in [5.41, 5.74) is 0. The summed E-state index contributed by atoms with van der Waals surface area (Å²) < 4.78 is 0. The van der Waals surface area contributed by atoms with Crippen LogP contribution in [0.5, 0.6) is 0 Å². The molecule has 1 saturated carbocycles. The summed E-state index contributed by atoms with van der Waals surface area (Å²) in [4.78, 5) is 0. The number of hydrogen-bond acceptors (Lipinski definition) is 0. The van der Waals surface area contributed by atoms with Crippen molar-refractivity contribution in [1.82, 2.24) is 0 Å². The molecule has 1 fully saturated rings. The second-order valence-corrected chi connectivity index (χ2v) is 3.70. The molecule has 1 unspecified atom stereocenters. The van der Waals surface area contributed by atoms with Crippen LogP contribution in [0, 0.1) is 11.8 Å². The Labute approximate surface area is 67.3 Å². The summed E-state index contributed by atoms with van der Waals surface area (Å²) in [6, 6.07) is 0. The molecule has 1 rings (SSSR count). The van der Waals surface area contributed by atoms with Crippen LogP contribution in [0.25, 0.3) is 0 Å². The molecule has 0 bridgehead atoms. The summed E-state index contributed by atoms with van der Waals surface area (Å²) in [5, 5.41) is 2.40. The highest BCUT2D eigenvalue weighted by atomic mass is 79.9. The topological polar surface area (TPSA) is 0 Å². The summed E-state index contributed by atoms with van der Waals surface area (Å²) in [6.07, 6.45) is 2.86. The molecule has 0 aliphatic heterocycles. The highest BCUT2D eigenvalue weighted by Gasteiger charge is 2.28. The van der Waals surface area contributed by atoms with Crippen LogP contribution in [0.3, 0.4) is 0 Å². The van der Waals surface area contributed by atoms with Crippen molar-refractivity contribution in [3.05, 3.63) is 0 Å². The lowest BCUT2D eigenvalue weighted by atomic mass is 9.76. The summed E-state index contributed by atoms with van der Waals surface area (Å²) in [5.74, 6) is 1.93. The minimum Gasteiger partial charge on any atom is -0.0925 e. The molecule has 0 heterocycles. The Kier molecular flexibility index (Phi) is 2.84. The fourth-order valence-corrected chi connectivity index (χ4v) is 2.75. The lowest BCUT2D eigenvalue weighted by Gasteiger charge is -2.33. The summed E-state index contributed by atoms with van der Waals surface area (Å²) in [6.45, 7) is 0. The van der Waals surface area contributed by atoms with Gasteiger partial charge in [-0.05, 0) is 24.7 Å². The van der Waals surface area contributed by atoms with Crippen molar-refractivity contribution in [1.29, 1.82) is 0 Å². The fraction of sp³-hybridized carbons (Fsp3) is 1.00. The van der Waals surface area contributed by atoms with E-state index in [2.05, 4.69) is 31.9 Å². The molecule has 1 aliphatic rings. The third kappa shape index (κ3) is 1.27. The number of hydrogen-bond donors (Lipinski definition) is 0. The van der Waals surface area contributed by atoms with Crippen LogP contribution in [0.1, 0.15) is 12.8 Å². The lowest BCUT2D eigenvalue weighted by Crippen LogP contribution is -2.27. The molecule has 2 heteroatoms.